The Morgan fingerprint density at radius 1 is 1.03 bits per heavy atom. The van der Waals surface area contributed by atoms with E-state index in [4.69, 9.17) is 4.74 Å². The van der Waals surface area contributed by atoms with Gasteiger partial charge in [-0.3, -0.25) is 14.5 Å². The summed E-state index contributed by atoms with van der Waals surface area (Å²) in [4.78, 5) is 29.4. The molecule has 1 aliphatic heterocycles. The Kier molecular flexibility index (Phi) is 6.74. The maximum atomic E-state index is 13.6. The minimum absolute atomic E-state index is 0.0169. The van der Waals surface area contributed by atoms with Gasteiger partial charge < -0.3 is 9.64 Å². The molecule has 1 heterocycles. The molecular formula is C25H32N2O3. The molecule has 2 aromatic rings. The van der Waals surface area contributed by atoms with Gasteiger partial charge in [0.2, 0.25) is 0 Å². The second-order valence-electron chi connectivity index (χ2n) is 8.56. The molecule has 30 heavy (non-hydrogen) atoms. The van der Waals surface area contributed by atoms with Crippen molar-refractivity contribution in [1.29, 1.82) is 0 Å². The van der Waals surface area contributed by atoms with Crippen LogP contribution in [0.1, 0.15) is 78.8 Å². The van der Waals surface area contributed by atoms with Gasteiger partial charge in [0.25, 0.3) is 5.91 Å². The number of ether oxygens (including phenoxy) is 1. The normalized spacial score (nSPS) is 21.9. The van der Waals surface area contributed by atoms with E-state index in [2.05, 4.69) is 24.0 Å². The summed E-state index contributed by atoms with van der Waals surface area (Å²) in [5.41, 5.74) is 2.68. The molecule has 1 aliphatic rings. The third-order valence-corrected chi connectivity index (χ3v) is 5.94. The highest BCUT2D eigenvalue weighted by Crippen LogP contribution is 2.42. The van der Waals surface area contributed by atoms with Crippen molar-refractivity contribution in [3.63, 3.8) is 0 Å². The van der Waals surface area contributed by atoms with Crippen LogP contribution in [0.25, 0.3) is 0 Å². The molecular weight excluding hydrogens is 376 g/mol. The molecule has 0 aromatic heterocycles. The summed E-state index contributed by atoms with van der Waals surface area (Å²) in [7, 11) is 2.00. The number of nitrogens with zero attached hydrogens (tertiary/aromatic N) is 2. The van der Waals surface area contributed by atoms with Crippen molar-refractivity contribution in [2.75, 3.05) is 7.05 Å². The summed E-state index contributed by atoms with van der Waals surface area (Å²) in [6.07, 6.45) is 0.239. The summed E-state index contributed by atoms with van der Waals surface area (Å²) in [6.45, 7) is 10.1. The maximum absolute atomic E-state index is 13.6. The predicted molar refractivity (Wildman–Crippen MR) is 119 cm³/mol. The Hall–Kier alpha value is -2.50. The van der Waals surface area contributed by atoms with Crippen molar-refractivity contribution in [3.05, 3.63) is 70.8 Å². The molecule has 0 bridgehead atoms. The molecule has 5 nitrogen and oxygen atoms in total. The highest BCUT2D eigenvalue weighted by Gasteiger charge is 2.41. The molecule has 1 amide bonds. The zero-order valence-electron chi connectivity index (χ0n) is 18.7. The fourth-order valence-corrected chi connectivity index (χ4v) is 4.40. The van der Waals surface area contributed by atoms with Crippen molar-refractivity contribution in [1.82, 2.24) is 9.80 Å². The van der Waals surface area contributed by atoms with Gasteiger partial charge in [0, 0.05) is 29.3 Å². The Balaban J connectivity index is 2.06. The van der Waals surface area contributed by atoms with Crippen LogP contribution in [0.2, 0.25) is 0 Å². The van der Waals surface area contributed by atoms with E-state index in [1.165, 1.54) is 0 Å². The predicted octanol–water partition coefficient (Wildman–Crippen LogP) is 4.85. The minimum Gasteiger partial charge on any atom is -0.349 e. The van der Waals surface area contributed by atoms with E-state index in [-0.39, 0.29) is 30.1 Å². The summed E-state index contributed by atoms with van der Waals surface area (Å²) in [5.74, 6) is -0.134. The standard InChI is InChI=1S/C25H32N2O3/c1-16(2)27(17(3)4)24(29)22-20(15-28)13-10-14-21(22)25-26(6)18(5)23(30-25)19-11-8-7-9-12-19/h7-18,23,25H,1-6H3/t18-,23-,25-/m1/s1. The van der Waals surface area contributed by atoms with Gasteiger partial charge >= 0.3 is 0 Å². The highest BCUT2D eigenvalue weighted by molar-refractivity contribution is 6.03. The number of hydrogen-bond acceptors (Lipinski definition) is 4. The smallest absolute Gasteiger partial charge is 0.255 e. The third-order valence-electron chi connectivity index (χ3n) is 5.94. The molecule has 0 N–H and O–H groups in total. The van der Waals surface area contributed by atoms with Gasteiger partial charge in [-0.15, -0.1) is 0 Å². The van der Waals surface area contributed by atoms with E-state index in [1.807, 2.05) is 70.0 Å². The van der Waals surface area contributed by atoms with Crippen molar-refractivity contribution < 1.29 is 14.3 Å². The van der Waals surface area contributed by atoms with Crippen LogP contribution in [0.5, 0.6) is 0 Å². The first-order chi connectivity index (χ1) is 14.3. The molecule has 0 spiro atoms. The largest absolute Gasteiger partial charge is 0.349 e. The fraction of sp³-hybridized carbons (Fsp3) is 0.440. The average molecular weight is 409 g/mol. The van der Waals surface area contributed by atoms with E-state index >= 15 is 0 Å². The van der Waals surface area contributed by atoms with Crippen LogP contribution in [0.15, 0.2) is 48.5 Å². The first kappa shape index (κ1) is 22.2. The topological polar surface area (TPSA) is 49.9 Å². The van der Waals surface area contributed by atoms with Gasteiger partial charge in [-0.1, -0.05) is 48.5 Å². The van der Waals surface area contributed by atoms with Gasteiger partial charge in [-0.05, 0) is 47.2 Å². The molecule has 0 saturated carbocycles. The minimum atomic E-state index is -0.412. The molecule has 5 heteroatoms. The zero-order valence-corrected chi connectivity index (χ0v) is 18.7. The van der Waals surface area contributed by atoms with Crippen molar-refractivity contribution in [2.45, 2.75) is 65.1 Å². The number of rotatable bonds is 6. The molecule has 0 radical (unpaired) electrons. The molecule has 0 unspecified atom stereocenters. The Labute approximate surface area is 179 Å². The van der Waals surface area contributed by atoms with Crippen LogP contribution in [0.4, 0.5) is 0 Å². The Bertz CT molecular complexity index is 887. The number of likely N-dealkylation sites (N-methyl/N-ethyl adjacent to an activating group) is 1. The number of carbonyl (C=O) groups excluding carboxylic acids is 2. The van der Waals surface area contributed by atoms with Crippen LogP contribution in [-0.4, -0.2) is 47.2 Å². The van der Waals surface area contributed by atoms with Crippen LogP contribution in [0, 0.1) is 0 Å². The SMILES string of the molecule is CC(C)N(C(=O)c1c(C=O)cccc1[C@H]1O[C@@H](c2ccccc2)[C@@H](C)N1C)C(C)C. The lowest BCUT2D eigenvalue weighted by atomic mass is 9.97. The van der Waals surface area contributed by atoms with Crippen molar-refractivity contribution in [2.24, 2.45) is 0 Å². The Morgan fingerprint density at radius 3 is 2.23 bits per heavy atom. The fourth-order valence-electron chi connectivity index (χ4n) is 4.40. The van der Waals surface area contributed by atoms with Gasteiger partial charge in [0.05, 0.1) is 5.56 Å². The molecule has 2 aromatic carbocycles. The van der Waals surface area contributed by atoms with Gasteiger partial charge in [-0.25, -0.2) is 0 Å². The molecule has 1 fully saturated rings. The number of benzene rings is 2. The average Bonchev–Trinajstić information content (AvgIpc) is 3.02. The molecule has 0 aliphatic carbocycles. The van der Waals surface area contributed by atoms with Crippen LogP contribution < -0.4 is 0 Å². The molecule has 1 saturated heterocycles. The lowest BCUT2D eigenvalue weighted by Gasteiger charge is -2.33. The molecule has 3 rings (SSSR count). The molecule has 3 atom stereocenters. The maximum Gasteiger partial charge on any atom is 0.255 e. The van der Waals surface area contributed by atoms with Crippen LogP contribution in [-0.2, 0) is 4.74 Å². The first-order valence-electron chi connectivity index (χ1n) is 10.6. The summed E-state index contributed by atoms with van der Waals surface area (Å²) >= 11 is 0. The third kappa shape index (κ3) is 4.05. The van der Waals surface area contributed by atoms with Gasteiger partial charge in [0.1, 0.15) is 12.3 Å². The van der Waals surface area contributed by atoms with Gasteiger partial charge in [0.15, 0.2) is 6.29 Å². The molecule has 160 valence electrons. The summed E-state index contributed by atoms with van der Waals surface area (Å²) in [6, 6.07) is 15.7. The van der Waals surface area contributed by atoms with Crippen LogP contribution in [0.3, 0.4) is 0 Å². The van der Waals surface area contributed by atoms with E-state index in [0.29, 0.717) is 11.1 Å². The lowest BCUT2D eigenvalue weighted by Crippen LogP contribution is -2.43. The van der Waals surface area contributed by atoms with E-state index in [1.54, 1.807) is 6.07 Å². The Morgan fingerprint density at radius 2 is 1.67 bits per heavy atom. The quantitative estimate of drug-likeness (QED) is 0.641. The number of carbonyl (C=O) groups is 2. The van der Waals surface area contributed by atoms with Gasteiger partial charge in [-0.2, -0.15) is 0 Å². The zero-order chi connectivity index (χ0) is 22.0. The lowest BCUT2D eigenvalue weighted by molar-refractivity contribution is 0.00451. The van der Waals surface area contributed by atoms with Crippen molar-refractivity contribution >= 4 is 12.2 Å². The second kappa shape index (κ2) is 9.11. The number of aldehydes is 1. The number of hydrogen-bond donors (Lipinski definition) is 0. The summed E-state index contributed by atoms with van der Waals surface area (Å²) in [5, 5.41) is 0. The second-order valence-corrected chi connectivity index (χ2v) is 8.56. The first-order valence-corrected chi connectivity index (χ1v) is 10.6. The van der Waals surface area contributed by atoms with Crippen molar-refractivity contribution in [3.8, 4) is 0 Å². The van der Waals surface area contributed by atoms with E-state index in [9.17, 15) is 9.59 Å². The van der Waals surface area contributed by atoms with E-state index in [0.717, 1.165) is 17.4 Å². The highest BCUT2D eigenvalue weighted by atomic mass is 16.5. The van der Waals surface area contributed by atoms with E-state index < -0.39 is 6.23 Å². The summed E-state index contributed by atoms with van der Waals surface area (Å²) < 4.78 is 6.49. The number of amides is 1. The van der Waals surface area contributed by atoms with Crippen LogP contribution >= 0.6 is 0 Å². The monoisotopic (exact) mass is 408 g/mol.